The number of hydrogen-bond donors (Lipinski definition) is 2. The van der Waals surface area contributed by atoms with Gasteiger partial charge in [0, 0.05) is 17.0 Å². The number of hydrogen-bond acceptors (Lipinski definition) is 2. The molecule has 0 aliphatic heterocycles. The molecule has 0 spiro atoms. The van der Waals surface area contributed by atoms with Crippen molar-refractivity contribution in [3.63, 3.8) is 0 Å². The van der Waals surface area contributed by atoms with Crippen LogP contribution >= 0.6 is 11.6 Å². The second kappa shape index (κ2) is 6.76. The fourth-order valence-electron chi connectivity index (χ4n) is 1.78. The average Bonchev–Trinajstić information content (AvgIpc) is 2.28. The summed E-state index contributed by atoms with van der Waals surface area (Å²) in [5.41, 5.74) is 6.02. The minimum atomic E-state index is -0.445. The monoisotopic (exact) mass is 268 g/mol. The van der Waals surface area contributed by atoms with Crippen LogP contribution in [0.4, 0.5) is 0 Å². The lowest BCUT2D eigenvalue weighted by atomic mass is 9.85. The van der Waals surface area contributed by atoms with Crippen LogP contribution in [-0.2, 0) is 11.2 Å². The van der Waals surface area contributed by atoms with Crippen LogP contribution in [0.1, 0.15) is 25.8 Å². The fourth-order valence-corrected chi connectivity index (χ4v) is 1.99. The molecule has 0 radical (unpaired) electrons. The van der Waals surface area contributed by atoms with Crippen molar-refractivity contribution in [1.82, 2.24) is 5.32 Å². The van der Waals surface area contributed by atoms with Crippen LogP contribution in [0.15, 0.2) is 24.3 Å². The topological polar surface area (TPSA) is 55.1 Å². The number of carbonyl (C=O) groups is 1. The molecule has 18 heavy (non-hydrogen) atoms. The van der Waals surface area contributed by atoms with Crippen molar-refractivity contribution in [3.8, 4) is 0 Å². The van der Waals surface area contributed by atoms with E-state index in [1.54, 1.807) is 0 Å². The van der Waals surface area contributed by atoms with Gasteiger partial charge in [-0.2, -0.15) is 0 Å². The Hall–Kier alpha value is -1.06. The smallest absolute Gasteiger partial charge is 0.225 e. The normalized spacial score (nSPS) is 11.3. The van der Waals surface area contributed by atoms with Crippen LogP contribution in [0.5, 0.6) is 0 Å². The Balaban J connectivity index is 2.60. The molecule has 0 bridgehead atoms. The number of benzene rings is 1. The van der Waals surface area contributed by atoms with Crippen molar-refractivity contribution in [2.75, 3.05) is 13.1 Å². The van der Waals surface area contributed by atoms with E-state index < -0.39 is 5.41 Å². The van der Waals surface area contributed by atoms with Crippen LogP contribution < -0.4 is 11.1 Å². The van der Waals surface area contributed by atoms with Crippen molar-refractivity contribution in [1.29, 1.82) is 0 Å². The number of rotatable bonds is 6. The largest absolute Gasteiger partial charge is 0.356 e. The number of amides is 1. The molecular formula is C14H21ClN2O. The van der Waals surface area contributed by atoms with E-state index in [1.165, 1.54) is 0 Å². The third-order valence-corrected chi connectivity index (χ3v) is 3.05. The van der Waals surface area contributed by atoms with Gasteiger partial charge < -0.3 is 11.1 Å². The first-order valence-corrected chi connectivity index (χ1v) is 6.56. The molecule has 3 N–H and O–H groups in total. The minimum Gasteiger partial charge on any atom is -0.356 e. The summed E-state index contributed by atoms with van der Waals surface area (Å²) in [4.78, 5) is 12.0. The molecule has 1 rings (SSSR count). The number of nitrogens with two attached hydrogens (primary N) is 1. The SMILES string of the molecule is CC(C)(Cc1cccc(Cl)c1)C(=O)NCCCN. The molecule has 0 aliphatic carbocycles. The number of nitrogens with one attached hydrogen (secondary N) is 1. The Morgan fingerprint density at radius 3 is 2.78 bits per heavy atom. The van der Waals surface area contributed by atoms with Gasteiger partial charge in [0.05, 0.1) is 0 Å². The van der Waals surface area contributed by atoms with Gasteiger partial charge in [0.15, 0.2) is 0 Å². The molecule has 0 atom stereocenters. The van der Waals surface area contributed by atoms with Crippen LogP contribution in [0, 0.1) is 5.41 Å². The van der Waals surface area contributed by atoms with E-state index in [-0.39, 0.29) is 5.91 Å². The van der Waals surface area contributed by atoms with E-state index in [9.17, 15) is 4.79 Å². The Morgan fingerprint density at radius 1 is 1.44 bits per heavy atom. The summed E-state index contributed by atoms with van der Waals surface area (Å²) < 4.78 is 0. The molecule has 0 fully saturated rings. The first-order chi connectivity index (χ1) is 8.45. The standard InChI is InChI=1S/C14H21ClN2O/c1-14(2,13(18)17-8-4-7-16)10-11-5-3-6-12(15)9-11/h3,5-6,9H,4,7-8,10,16H2,1-2H3,(H,17,18). The molecule has 0 aromatic heterocycles. The zero-order valence-corrected chi connectivity index (χ0v) is 11.8. The molecule has 1 aromatic carbocycles. The van der Waals surface area contributed by atoms with E-state index >= 15 is 0 Å². The summed E-state index contributed by atoms with van der Waals surface area (Å²) in [6.07, 6.45) is 1.47. The highest BCUT2D eigenvalue weighted by atomic mass is 35.5. The van der Waals surface area contributed by atoms with Gasteiger partial charge in [-0.15, -0.1) is 0 Å². The van der Waals surface area contributed by atoms with Crippen LogP contribution in [-0.4, -0.2) is 19.0 Å². The molecule has 3 nitrogen and oxygen atoms in total. The van der Waals surface area contributed by atoms with Gasteiger partial charge in [-0.1, -0.05) is 37.6 Å². The molecule has 0 aliphatic rings. The Labute approximate surface area is 114 Å². The highest BCUT2D eigenvalue weighted by Gasteiger charge is 2.27. The predicted octanol–water partition coefficient (Wildman–Crippen LogP) is 2.37. The first kappa shape index (κ1) is 15.0. The molecule has 0 saturated heterocycles. The van der Waals surface area contributed by atoms with Crippen molar-refractivity contribution in [2.45, 2.75) is 26.7 Å². The second-order valence-corrected chi connectivity index (χ2v) is 5.53. The summed E-state index contributed by atoms with van der Waals surface area (Å²) in [6, 6.07) is 7.62. The Kier molecular flexibility index (Phi) is 5.63. The average molecular weight is 269 g/mol. The van der Waals surface area contributed by atoms with Gasteiger partial charge in [-0.25, -0.2) is 0 Å². The van der Waals surface area contributed by atoms with Gasteiger partial charge in [0.1, 0.15) is 0 Å². The molecule has 0 heterocycles. The zero-order chi connectivity index (χ0) is 13.6. The van der Waals surface area contributed by atoms with Gasteiger partial charge >= 0.3 is 0 Å². The molecule has 0 saturated carbocycles. The van der Waals surface area contributed by atoms with Crippen molar-refractivity contribution < 1.29 is 4.79 Å². The third kappa shape index (κ3) is 4.67. The lowest BCUT2D eigenvalue weighted by Gasteiger charge is -2.23. The summed E-state index contributed by atoms with van der Waals surface area (Å²) >= 11 is 5.94. The van der Waals surface area contributed by atoms with Crippen LogP contribution in [0.3, 0.4) is 0 Å². The van der Waals surface area contributed by atoms with E-state index in [0.29, 0.717) is 24.5 Å². The maximum Gasteiger partial charge on any atom is 0.225 e. The third-order valence-electron chi connectivity index (χ3n) is 2.82. The lowest BCUT2D eigenvalue weighted by Crippen LogP contribution is -2.39. The molecule has 4 heteroatoms. The number of carbonyl (C=O) groups excluding carboxylic acids is 1. The van der Waals surface area contributed by atoms with Crippen molar-refractivity contribution in [3.05, 3.63) is 34.9 Å². The lowest BCUT2D eigenvalue weighted by molar-refractivity contribution is -0.129. The first-order valence-electron chi connectivity index (χ1n) is 6.18. The maximum atomic E-state index is 12.0. The molecule has 0 unspecified atom stereocenters. The summed E-state index contributed by atoms with van der Waals surface area (Å²) in [7, 11) is 0. The van der Waals surface area contributed by atoms with Gasteiger partial charge in [0.2, 0.25) is 5.91 Å². The quantitative estimate of drug-likeness (QED) is 0.779. The van der Waals surface area contributed by atoms with Crippen LogP contribution in [0.25, 0.3) is 0 Å². The van der Waals surface area contributed by atoms with Gasteiger partial charge in [-0.05, 0) is 37.1 Å². The fraction of sp³-hybridized carbons (Fsp3) is 0.500. The molecule has 1 aromatic rings. The molecule has 1 amide bonds. The zero-order valence-electron chi connectivity index (χ0n) is 11.0. The Morgan fingerprint density at radius 2 is 2.17 bits per heavy atom. The summed E-state index contributed by atoms with van der Waals surface area (Å²) in [5.74, 6) is 0.0518. The van der Waals surface area contributed by atoms with Gasteiger partial charge in [-0.3, -0.25) is 4.79 Å². The summed E-state index contributed by atoms with van der Waals surface area (Å²) in [5, 5.41) is 3.61. The van der Waals surface area contributed by atoms with E-state index in [2.05, 4.69) is 5.32 Å². The molecular weight excluding hydrogens is 248 g/mol. The maximum absolute atomic E-state index is 12.0. The van der Waals surface area contributed by atoms with E-state index in [4.69, 9.17) is 17.3 Å². The Bertz CT molecular complexity index is 405. The van der Waals surface area contributed by atoms with Crippen molar-refractivity contribution in [2.24, 2.45) is 11.1 Å². The molecule has 100 valence electrons. The second-order valence-electron chi connectivity index (χ2n) is 5.09. The van der Waals surface area contributed by atoms with Crippen LogP contribution in [0.2, 0.25) is 5.02 Å². The summed E-state index contributed by atoms with van der Waals surface area (Å²) in [6.45, 7) is 5.10. The minimum absolute atomic E-state index is 0.0518. The van der Waals surface area contributed by atoms with E-state index in [0.717, 1.165) is 12.0 Å². The van der Waals surface area contributed by atoms with Gasteiger partial charge in [0.25, 0.3) is 0 Å². The highest BCUT2D eigenvalue weighted by Crippen LogP contribution is 2.23. The predicted molar refractivity (Wildman–Crippen MR) is 75.6 cm³/mol. The highest BCUT2D eigenvalue weighted by molar-refractivity contribution is 6.30. The van der Waals surface area contributed by atoms with E-state index in [1.807, 2.05) is 38.1 Å². The van der Waals surface area contributed by atoms with Crippen molar-refractivity contribution >= 4 is 17.5 Å². The number of halogens is 1.